The van der Waals surface area contributed by atoms with Gasteiger partial charge in [-0.25, -0.2) is 4.79 Å². The Bertz CT molecular complexity index is 702. The Morgan fingerprint density at radius 1 is 1.39 bits per heavy atom. The monoisotopic (exact) mass is 398 g/mol. The maximum absolute atomic E-state index is 12.0. The lowest BCUT2D eigenvalue weighted by Crippen LogP contribution is -2.41. The van der Waals surface area contributed by atoms with Gasteiger partial charge < -0.3 is 15.0 Å². The zero-order valence-electron chi connectivity index (χ0n) is 12.8. The number of carbonyl (C=O) groups is 2. The van der Waals surface area contributed by atoms with Crippen molar-refractivity contribution >= 4 is 50.5 Å². The fraction of sp³-hybridized carbons (Fsp3) is 0.375. The van der Waals surface area contributed by atoms with Crippen LogP contribution in [0.1, 0.15) is 12.8 Å². The maximum atomic E-state index is 12.0. The number of nitrogens with zero attached hydrogens (tertiary/aromatic N) is 1. The molecule has 1 amide bonds. The Morgan fingerprint density at radius 2 is 2.17 bits per heavy atom. The van der Waals surface area contributed by atoms with Gasteiger partial charge in [-0.15, -0.1) is 0 Å². The number of fused-ring (bicyclic) bond motifs is 1. The van der Waals surface area contributed by atoms with E-state index in [1.165, 1.54) is 0 Å². The molecule has 0 aliphatic rings. The third kappa shape index (κ3) is 5.00. The highest BCUT2D eigenvalue weighted by Crippen LogP contribution is 2.21. The van der Waals surface area contributed by atoms with E-state index in [9.17, 15) is 9.59 Å². The van der Waals surface area contributed by atoms with E-state index in [0.717, 1.165) is 15.4 Å². The second kappa shape index (κ2) is 8.40. The van der Waals surface area contributed by atoms with Gasteiger partial charge in [-0.3, -0.25) is 4.79 Å². The van der Waals surface area contributed by atoms with E-state index >= 15 is 0 Å². The van der Waals surface area contributed by atoms with Crippen LogP contribution in [0, 0.1) is 0 Å². The Balaban J connectivity index is 1.93. The molecule has 5 nitrogen and oxygen atoms in total. The number of aliphatic carboxylic acids is 1. The third-order valence-electron chi connectivity index (χ3n) is 3.56. The zero-order chi connectivity index (χ0) is 16.8. The van der Waals surface area contributed by atoms with Gasteiger partial charge in [0.05, 0.1) is 0 Å². The molecule has 1 unspecified atom stereocenters. The molecule has 23 heavy (non-hydrogen) atoms. The smallest absolute Gasteiger partial charge is 0.326 e. The molecule has 2 aromatic rings. The van der Waals surface area contributed by atoms with Crippen LogP contribution < -0.4 is 5.32 Å². The van der Waals surface area contributed by atoms with Crippen LogP contribution in [0.2, 0.25) is 0 Å². The number of carbonyl (C=O) groups excluding carboxylic acids is 1. The second-order valence-corrected chi connectivity index (χ2v) is 7.10. The predicted octanol–water partition coefficient (Wildman–Crippen LogP) is 3.12. The van der Waals surface area contributed by atoms with Crippen LogP contribution in [0.4, 0.5) is 0 Å². The number of aromatic nitrogens is 1. The summed E-state index contributed by atoms with van der Waals surface area (Å²) >= 11 is 5.00. The van der Waals surface area contributed by atoms with Crippen molar-refractivity contribution in [1.29, 1.82) is 0 Å². The molecule has 0 bridgehead atoms. The fourth-order valence-electron chi connectivity index (χ4n) is 2.35. The van der Waals surface area contributed by atoms with Crippen molar-refractivity contribution in [2.45, 2.75) is 25.4 Å². The van der Waals surface area contributed by atoms with E-state index < -0.39 is 12.0 Å². The molecule has 7 heteroatoms. The molecule has 0 spiro atoms. The summed E-state index contributed by atoms with van der Waals surface area (Å²) in [5, 5.41) is 12.8. The molecule has 0 radical (unpaired) electrons. The molecular weight excluding hydrogens is 380 g/mol. The van der Waals surface area contributed by atoms with E-state index in [1.54, 1.807) is 11.8 Å². The molecule has 2 rings (SSSR count). The first-order valence-corrected chi connectivity index (χ1v) is 9.45. The number of aryl methyl sites for hydroxylation is 1. The molecule has 1 aromatic heterocycles. The number of rotatable bonds is 8. The summed E-state index contributed by atoms with van der Waals surface area (Å²) in [4.78, 5) is 23.2. The number of benzene rings is 1. The number of amides is 1. The molecule has 0 saturated heterocycles. The Kier molecular flexibility index (Phi) is 6.53. The van der Waals surface area contributed by atoms with E-state index in [0.29, 0.717) is 18.7 Å². The van der Waals surface area contributed by atoms with Crippen LogP contribution in [-0.4, -0.2) is 39.6 Å². The van der Waals surface area contributed by atoms with Crippen LogP contribution in [0.3, 0.4) is 0 Å². The summed E-state index contributed by atoms with van der Waals surface area (Å²) < 4.78 is 3.01. The van der Waals surface area contributed by atoms with Crippen LogP contribution in [-0.2, 0) is 16.1 Å². The second-order valence-electron chi connectivity index (χ2n) is 5.20. The minimum Gasteiger partial charge on any atom is -0.480 e. The highest BCUT2D eigenvalue weighted by Gasteiger charge is 2.19. The lowest BCUT2D eigenvalue weighted by Gasteiger charge is -2.14. The first-order valence-electron chi connectivity index (χ1n) is 7.26. The summed E-state index contributed by atoms with van der Waals surface area (Å²) in [6, 6.07) is 7.16. The third-order valence-corrected chi connectivity index (χ3v) is 4.69. The molecule has 1 atom stereocenters. The van der Waals surface area contributed by atoms with Crippen molar-refractivity contribution in [1.82, 2.24) is 9.88 Å². The largest absolute Gasteiger partial charge is 0.480 e. The maximum Gasteiger partial charge on any atom is 0.326 e. The summed E-state index contributed by atoms with van der Waals surface area (Å²) in [6.45, 7) is 0.520. The van der Waals surface area contributed by atoms with Crippen molar-refractivity contribution in [2.75, 3.05) is 12.0 Å². The quantitative estimate of drug-likeness (QED) is 0.716. The fourth-order valence-corrected chi connectivity index (χ4v) is 3.20. The molecule has 124 valence electrons. The lowest BCUT2D eigenvalue weighted by molar-refractivity contribution is -0.141. The number of carboxylic acid groups (broad SMARTS) is 1. The van der Waals surface area contributed by atoms with Gasteiger partial charge in [0, 0.05) is 34.5 Å². The molecule has 2 N–H and O–H groups in total. The summed E-state index contributed by atoms with van der Waals surface area (Å²) in [6.07, 6.45) is 4.54. The van der Waals surface area contributed by atoms with Crippen molar-refractivity contribution in [2.24, 2.45) is 0 Å². The number of nitrogens with one attached hydrogen (secondary N) is 1. The van der Waals surface area contributed by atoms with Gasteiger partial charge in [0.15, 0.2) is 0 Å². The standard InChI is InChI=1S/C16H19BrN2O3S/c1-23-9-6-13(16(21)22)18-15(20)5-8-19-7-4-11-10-12(17)2-3-14(11)19/h2-4,7,10,13H,5-6,8-9H2,1H3,(H,18,20)(H,21,22). The van der Waals surface area contributed by atoms with E-state index in [-0.39, 0.29) is 12.3 Å². The Hall–Kier alpha value is -1.47. The highest BCUT2D eigenvalue weighted by molar-refractivity contribution is 9.10. The van der Waals surface area contributed by atoms with Crippen LogP contribution in [0.15, 0.2) is 34.9 Å². The average Bonchev–Trinajstić information content (AvgIpc) is 2.91. The highest BCUT2D eigenvalue weighted by atomic mass is 79.9. The van der Waals surface area contributed by atoms with Gasteiger partial charge in [0.25, 0.3) is 0 Å². The average molecular weight is 399 g/mol. The minimum absolute atomic E-state index is 0.238. The molecule has 0 aliphatic carbocycles. The molecule has 0 fully saturated rings. The minimum atomic E-state index is -0.983. The SMILES string of the molecule is CSCCC(NC(=O)CCn1ccc2cc(Br)ccc21)C(=O)O. The van der Waals surface area contributed by atoms with Crippen molar-refractivity contribution in [3.05, 3.63) is 34.9 Å². The summed E-state index contributed by atoms with van der Waals surface area (Å²) in [5.41, 5.74) is 1.05. The lowest BCUT2D eigenvalue weighted by atomic mass is 10.2. The van der Waals surface area contributed by atoms with Gasteiger partial charge in [-0.05, 0) is 42.7 Å². The van der Waals surface area contributed by atoms with Gasteiger partial charge >= 0.3 is 5.97 Å². The molecule has 1 aromatic carbocycles. The van der Waals surface area contributed by atoms with Crippen LogP contribution in [0.25, 0.3) is 10.9 Å². The number of thioether (sulfide) groups is 1. The van der Waals surface area contributed by atoms with Gasteiger partial charge in [0.1, 0.15) is 6.04 Å². The van der Waals surface area contributed by atoms with E-state index in [4.69, 9.17) is 5.11 Å². The van der Waals surface area contributed by atoms with Crippen molar-refractivity contribution in [3.8, 4) is 0 Å². The number of hydrogen-bond acceptors (Lipinski definition) is 3. The number of hydrogen-bond donors (Lipinski definition) is 2. The number of halogens is 1. The van der Waals surface area contributed by atoms with Gasteiger partial charge in [-0.2, -0.15) is 11.8 Å². The topological polar surface area (TPSA) is 71.3 Å². The van der Waals surface area contributed by atoms with Gasteiger partial charge in [0.2, 0.25) is 5.91 Å². The molecule has 1 heterocycles. The molecular formula is C16H19BrN2O3S. The zero-order valence-corrected chi connectivity index (χ0v) is 15.2. The first-order chi connectivity index (χ1) is 11.0. The number of carboxylic acids is 1. The van der Waals surface area contributed by atoms with Crippen LogP contribution in [0.5, 0.6) is 0 Å². The molecule has 0 aliphatic heterocycles. The normalized spacial score (nSPS) is 12.3. The molecule has 0 saturated carbocycles. The van der Waals surface area contributed by atoms with Gasteiger partial charge in [-0.1, -0.05) is 15.9 Å². The first kappa shape index (κ1) is 17.9. The summed E-state index contributed by atoms with van der Waals surface area (Å²) in [5.74, 6) is -0.518. The summed E-state index contributed by atoms with van der Waals surface area (Å²) in [7, 11) is 0. The van der Waals surface area contributed by atoms with Crippen molar-refractivity contribution < 1.29 is 14.7 Å². The van der Waals surface area contributed by atoms with Crippen molar-refractivity contribution in [3.63, 3.8) is 0 Å². The van der Waals surface area contributed by atoms with Crippen LogP contribution >= 0.6 is 27.7 Å². The van der Waals surface area contributed by atoms with E-state index in [2.05, 4.69) is 21.2 Å². The van der Waals surface area contributed by atoms with E-state index in [1.807, 2.05) is 41.3 Å². The predicted molar refractivity (Wildman–Crippen MR) is 96.8 cm³/mol. The Labute approximate surface area is 147 Å². The Morgan fingerprint density at radius 3 is 2.87 bits per heavy atom.